The maximum absolute atomic E-state index is 12.5. The lowest BCUT2D eigenvalue weighted by atomic mass is 10.2. The van der Waals surface area contributed by atoms with Crippen LogP contribution in [-0.4, -0.2) is 51.6 Å². The van der Waals surface area contributed by atoms with Gasteiger partial charge in [0.25, 0.3) is 5.91 Å². The van der Waals surface area contributed by atoms with Crippen molar-refractivity contribution >= 4 is 17.1 Å². The molecule has 0 aliphatic carbocycles. The summed E-state index contributed by atoms with van der Waals surface area (Å²) >= 11 is 0. The summed E-state index contributed by atoms with van der Waals surface area (Å²) in [6.45, 7) is 3.57. The topological polar surface area (TPSA) is 91.1 Å². The Bertz CT molecular complexity index is 675. The Morgan fingerprint density at radius 1 is 1.53 bits per heavy atom. The lowest BCUT2D eigenvalue weighted by Crippen LogP contribution is -2.44. The van der Waals surface area contributed by atoms with E-state index in [9.17, 15) is 9.59 Å². The number of aromatic amines is 2. The SMILES string of the molecule is CC1CN(C(=O)c2ccnc3[nH]c(=O)[nH]c23)CCO1. The number of imidazole rings is 1. The molecule has 1 aliphatic rings. The number of rotatable bonds is 1. The van der Waals surface area contributed by atoms with Gasteiger partial charge in [0.05, 0.1) is 23.8 Å². The van der Waals surface area contributed by atoms with Crippen LogP contribution in [0.1, 0.15) is 17.3 Å². The second kappa shape index (κ2) is 4.51. The molecule has 0 aromatic carbocycles. The zero-order valence-corrected chi connectivity index (χ0v) is 10.5. The monoisotopic (exact) mass is 262 g/mol. The molecule has 1 aliphatic heterocycles. The van der Waals surface area contributed by atoms with Crippen LogP contribution in [0.5, 0.6) is 0 Å². The number of pyridine rings is 1. The van der Waals surface area contributed by atoms with Gasteiger partial charge in [-0.15, -0.1) is 0 Å². The first-order valence-electron chi connectivity index (χ1n) is 6.13. The first kappa shape index (κ1) is 11.9. The molecule has 19 heavy (non-hydrogen) atoms. The Morgan fingerprint density at radius 2 is 2.37 bits per heavy atom. The molecular weight excluding hydrogens is 248 g/mol. The predicted octanol–water partition coefficient (Wildman–Crippen LogP) is 0.112. The first-order chi connectivity index (χ1) is 9.15. The number of carbonyl (C=O) groups excluding carboxylic acids is 1. The van der Waals surface area contributed by atoms with Crippen molar-refractivity contribution in [3.63, 3.8) is 0 Å². The molecule has 0 bridgehead atoms. The molecule has 7 nitrogen and oxygen atoms in total. The maximum Gasteiger partial charge on any atom is 0.325 e. The van der Waals surface area contributed by atoms with E-state index in [-0.39, 0.29) is 17.7 Å². The largest absolute Gasteiger partial charge is 0.375 e. The fraction of sp³-hybridized carbons (Fsp3) is 0.417. The Hall–Kier alpha value is -2.15. The summed E-state index contributed by atoms with van der Waals surface area (Å²) in [6.07, 6.45) is 1.55. The number of nitrogens with zero attached hydrogens (tertiary/aromatic N) is 2. The predicted molar refractivity (Wildman–Crippen MR) is 68.0 cm³/mol. The van der Waals surface area contributed by atoms with Crippen molar-refractivity contribution in [1.29, 1.82) is 0 Å². The molecule has 7 heteroatoms. The van der Waals surface area contributed by atoms with Crippen LogP contribution in [0.25, 0.3) is 11.2 Å². The van der Waals surface area contributed by atoms with Crippen LogP contribution in [0.3, 0.4) is 0 Å². The average molecular weight is 262 g/mol. The second-order valence-electron chi connectivity index (χ2n) is 4.59. The average Bonchev–Trinajstić information content (AvgIpc) is 2.77. The van der Waals surface area contributed by atoms with Crippen LogP contribution < -0.4 is 5.69 Å². The van der Waals surface area contributed by atoms with Crippen LogP contribution in [-0.2, 0) is 4.74 Å². The Kier molecular flexibility index (Phi) is 2.83. The molecule has 0 spiro atoms. The summed E-state index contributed by atoms with van der Waals surface area (Å²) in [7, 11) is 0. The number of hydrogen-bond donors (Lipinski definition) is 2. The van der Waals surface area contributed by atoms with Crippen molar-refractivity contribution < 1.29 is 9.53 Å². The third kappa shape index (κ3) is 2.12. The van der Waals surface area contributed by atoms with E-state index in [0.29, 0.717) is 36.4 Å². The number of amides is 1. The van der Waals surface area contributed by atoms with E-state index in [4.69, 9.17) is 4.74 Å². The van der Waals surface area contributed by atoms with Gasteiger partial charge in [-0.1, -0.05) is 0 Å². The van der Waals surface area contributed by atoms with Crippen molar-refractivity contribution in [3.8, 4) is 0 Å². The van der Waals surface area contributed by atoms with E-state index in [0.717, 1.165) is 0 Å². The molecule has 1 atom stereocenters. The summed E-state index contributed by atoms with van der Waals surface area (Å²) in [5, 5.41) is 0. The molecule has 0 radical (unpaired) electrons. The number of aromatic nitrogens is 3. The lowest BCUT2D eigenvalue weighted by molar-refractivity contribution is -0.0123. The smallest absolute Gasteiger partial charge is 0.325 e. The zero-order chi connectivity index (χ0) is 13.4. The third-order valence-electron chi connectivity index (χ3n) is 3.18. The van der Waals surface area contributed by atoms with Crippen molar-refractivity contribution in [2.75, 3.05) is 19.7 Å². The highest BCUT2D eigenvalue weighted by Crippen LogP contribution is 2.15. The van der Waals surface area contributed by atoms with E-state index < -0.39 is 0 Å². The number of morpholine rings is 1. The number of H-pyrrole nitrogens is 2. The zero-order valence-electron chi connectivity index (χ0n) is 10.5. The van der Waals surface area contributed by atoms with Gasteiger partial charge in [0, 0.05) is 19.3 Å². The molecule has 3 rings (SSSR count). The molecule has 0 saturated carbocycles. The molecule has 100 valence electrons. The number of ether oxygens (including phenoxy) is 1. The maximum atomic E-state index is 12.5. The minimum Gasteiger partial charge on any atom is -0.375 e. The van der Waals surface area contributed by atoms with Crippen molar-refractivity contribution in [3.05, 3.63) is 28.3 Å². The fourth-order valence-electron chi connectivity index (χ4n) is 2.29. The summed E-state index contributed by atoms with van der Waals surface area (Å²) in [5.74, 6) is -0.113. The number of hydrogen-bond acceptors (Lipinski definition) is 4. The standard InChI is InChI=1S/C12H14N4O3/c1-7-6-16(4-5-19-7)11(17)8-2-3-13-10-9(8)14-12(18)15-10/h2-3,7H,4-6H2,1H3,(H2,13,14,15,18). The van der Waals surface area contributed by atoms with Crippen LogP contribution in [0.2, 0.25) is 0 Å². The molecular formula is C12H14N4O3. The van der Waals surface area contributed by atoms with Gasteiger partial charge >= 0.3 is 5.69 Å². The van der Waals surface area contributed by atoms with E-state index in [1.807, 2.05) is 6.92 Å². The van der Waals surface area contributed by atoms with Gasteiger partial charge in [0.1, 0.15) is 0 Å². The highest BCUT2D eigenvalue weighted by atomic mass is 16.5. The fourth-order valence-corrected chi connectivity index (χ4v) is 2.29. The highest BCUT2D eigenvalue weighted by molar-refractivity contribution is 6.03. The lowest BCUT2D eigenvalue weighted by Gasteiger charge is -2.31. The van der Waals surface area contributed by atoms with E-state index in [1.165, 1.54) is 6.20 Å². The van der Waals surface area contributed by atoms with Crippen molar-refractivity contribution in [2.45, 2.75) is 13.0 Å². The van der Waals surface area contributed by atoms with Crippen LogP contribution >= 0.6 is 0 Å². The number of nitrogens with one attached hydrogen (secondary N) is 2. The van der Waals surface area contributed by atoms with Gasteiger partial charge in [-0.2, -0.15) is 0 Å². The molecule has 1 saturated heterocycles. The molecule has 2 aromatic rings. The summed E-state index contributed by atoms with van der Waals surface area (Å²) in [5.41, 5.74) is 0.948. The van der Waals surface area contributed by atoms with Crippen molar-refractivity contribution in [1.82, 2.24) is 19.9 Å². The van der Waals surface area contributed by atoms with Gasteiger partial charge in [0.15, 0.2) is 5.65 Å². The van der Waals surface area contributed by atoms with Crippen molar-refractivity contribution in [2.24, 2.45) is 0 Å². The minimum atomic E-state index is -0.363. The Labute approximate surface area is 108 Å². The molecule has 1 unspecified atom stereocenters. The van der Waals surface area contributed by atoms with Crippen LogP contribution in [0, 0.1) is 0 Å². The minimum absolute atomic E-state index is 0.0281. The summed E-state index contributed by atoms with van der Waals surface area (Å²) in [6, 6.07) is 1.62. The van der Waals surface area contributed by atoms with Crippen LogP contribution in [0.15, 0.2) is 17.1 Å². The number of carbonyl (C=O) groups is 1. The van der Waals surface area contributed by atoms with E-state index in [2.05, 4.69) is 15.0 Å². The van der Waals surface area contributed by atoms with Gasteiger partial charge < -0.3 is 14.6 Å². The third-order valence-corrected chi connectivity index (χ3v) is 3.18. The number of fused-ring (bicyclic) bond motifs is 1. The van der Waals surface area contributed by atoms with Gasteiger partial charge in [-0.05, 0) is 13.0 Å². The van der Waals surface area contributed by atoms with Gasteiger partial charge in [0.2, 0.25) is 0 Å². The van der Waals surface area contributed by atoms with Crippen LogP contribution in [0.4, 0.5) is 0 Å². The molecule has 1 amide bonds. The van der Waals surface area contributed by atoms with E-state index >= 15 is 0 Å². The molecule has 3 heterocycles. The Balaban J connectivity index is 1.99. The van der Waals surface area contributed by atoms with Gasteiger partial charge in [-0.3, -0.25) is 9.78 Å². The Morgan fingerprint density at radius 3 is 3.16 bits per heavy atom. The first-order valence-corrected chi connectivity index (χ1v) is 6.13. The molecule has 2 N–H and O–H groups in total. The van der Waals surface area contributed by atoms with E-state index in [1.54, 1.807) is 11.0 Å². The second-order valence-corrected chi connectivity index (χ2v) is 4.59. The normalized spacial score (nSPS) is 19.8. The summed E-state index contributed by atoms with van der Waals surface area (Å²) < 4.78 is 5.42. The molecule has 2 aromatic heterocycles. The summed E-state index contributed by atoms with van der Waals surface area (Å²) in [4.78, 5) is 34.7. The van der Waals surface area contributed by atoms with Gasteiger partial charge in [-0.25, -0.2) is 9.78 Å². The highest BCUT2D eigenvalue weighted by Gasteiger charge is 2.24. The quantitative estimate of drug-likeness (QED) is 0.763. The molecule has 1 fully saturated rings.